The normalized spacial score (nSPS) is 22.6. The Morgan fingerprint density at radius 2 is 1.31 bits per heavy atom. The molecule has 5 aromatic rings. The van der Waals surface area contributed by atoms with Gasteiger partial charge in [0, 0.05) is 43.8 Å². The van der Waals surface area contributed by atoms with E-state index in [2.05, 4.69) is 32.2 Å². The van der Waals surface area contributed by atoms with Gasteiger partial charge in [-0.15, -0.1) is 0 Å². The molecule has 1 N–H and O–H groups in total. The molecule has 4 atom stereocenters. The number of amides is 3. The zero-order valence-electron chi connectivity index (χ0n) is 35.5. The van der Waals surface area contributed by atoms with E-state index in [0.717, 1.165) is 33.9 Å². The van der Waals surface area contributed by atoms with Crippen molar-refractivity contribution in [3.05, 3.63) is 150 Å². The molecule has 0 aromatic heterocycles. The predicted octanol–water partition coefficient (Wildman–Crippen LogP) is 7.90. The summed E-state index contributed by atoms with van der Waals surface area (Å²) in [6, 6.07) is 41.3. The van der Waals surface area contributed by atoms with E-state index in [-0.39, 0.29) is 42.3 Å². The standard InChI is InChI=1S/C50H51N5O6Si/c1-33-48(62(3,4)40-22-20-39(60-2)21-23-40)45(29-30-56)61-50(33)41-31-38(55-47(58)28-25-43(52-55)36-13-9-6-10-14-36)19-26-44(41)53(49(50)59)32-34-15-17-37(18-16-34)54-46(57)27-24-42(51-54)35-11-7-5-8-12-35/h5-23,26,31,33,45,48,56H,24-25,27-30,32H2,1-4H3/t33-,45+,48-,50+/m0/s1. The van der Waals surface area contributed by atoms with E-state index in [1.165, 1.54) is 15.2 Å². The van der Waals surface area contributed by atoms with Gasteiger partial charge in [0.05, 0.1) is 56.3 Å². The lowest BCUT2D eigenvalue weighted by atomic mass is 9.82. The molecule has 316 valence electrons. The number of aliphatic hydroxyl groups excluding tert-OH is 1. The molecule has 0 bridgehead atoms. The average molecular weight is 846 g/mol. The summed E-state index contributed by atoms with van der Waals surface area (Å²) in [5.41, 5.74) is 5.59. The van der Waals surface area contributed by atoms with E-state index < -0.39 is 19.8 Å². The molecule has 0 unspecified atom stereocenters. The van der Waals surface area contributed by atoms with E-state index in [1.807, 2.05) is 115 Å². The molecule has 3 amide bonds. The number of aliphatic hydroxyl groups is 1. The van der Waals surface area contributed by atoms with Crippen LogP contribution in [0.2, 0.25) is 18.6 Å². The van der Waals surface area contributed by atoms with E-state index in [1.54, 1.807) is 12.0 Å². The molecule has 9 rings (SSSR count). The fraction of sp³-hybridized carbons (Fsp3) is 0.300. The Morgan fingerprint density at radius 1 is 0.742 bits per heavy atom. The fourth-order valence-electron chi connectivity index (χ4n) is 10.1. The molecule has 0 radical (unpaired) electrons. The number of fused-ring (bicyclic) bond motifs is 2. The minimum absolute atomic E-state index is 0.0644. The lowest BCUT2D eigenvalue weighted by molar-refractivity contribution is -0.146. The number of carbonyl (C=O) groups is 3. The quantitative estimate of drug-likeness (QED) is 0.135. The highest BCUT2D eigenvalue weighted by Gasteiger charge is 2.66. The summed E-state index contributed by atoms with van der Waals surface area (Å²) in [6.45, 7) is 6.88. The van der Waals surface area contributed by atoms with Gasteiger partial charge >= 0.3 is 0 Å². The van der Waals surface area contributed by atoms with E-state index in [9.17, 15) is 14.7 Å². The van der Waals surface area contributed by atoms with Gasteiger partial charge in [0.1, 0.15) is 5.75 Å². The van der Waals surface area contributed by atoms with Gasteiger partial charge < -0.3 is 19.5 Å². The Hall–Kier alpha value is -6.21. The van der Waals surface area contributed by atoms with Crippen molar-refractivity contribution in [3.8, 4) is 5.75 Å². The van der Waals surface area contributed by atoms with E-state index in [0.29, 0.717) is 54.7 Å². The lowest BCUT2D eigenvalue weighted by Crippen LogP contribution is -2.51. The van der Waals surface area contributed by atoms with Crippen molar-refractivity contribution < 1.29 is 29.0 Å². The second-order valence-corrected chi connectivity index (χ2v) is 21.9. The van der Waals surface area contributed by atoms with Gasteiger partial charge in [-0.05, 0) is 71.1 Å². The highest BCUT2D eigenvalue weighted by Crippen LogP contribution is 2.60. The van der Waals surface area contributed by atoms with E-state index in [4.69, 9.17) is 19.7 Å². The summed E-state index contributed by atoms with van der Waals surface area (Å²) in [5.74, 6) is 0.0710. The van der Waals surface area contributed by atoms with Crippen LogP contribution in [-0.4, -0.2) is 62.1 Å². The minimum Gasteiger partial charge on any atom is -0.497 e. The number of carbonyl (C=O) groups excluding carboxylic acids is 3. The van der Waals surface area contributed by atoms with Crippen LogP contribution in [0.1, 0.15) is 61.3 Å². The maximum atomic E-state index is 15.5. The van der Waals surface area contributed by atoms with Crippen LogP contribution in [0.25, 0.3) is 0 Å². The largest absolute Gasteiger partial charge is 0.497 e. The monoisotopic (exact) mass is 845 g/mol. The highest BCUT2D eigenvalue weighted by molar-refractivity contribution is 6.91. The summed E-state index contributed by atoms with van der Waals surface area (Å²) >= 11 is 0. The third-order valence-corrected chi connectivity index (χ3v) is 17.6. The predicted molar refractivity (Wildman–Crippen MR) is 245 cm³/mol. The molecular weight excluding hydrogens is 795 g/mol. The summed E-state index contributed by atoms with van der Waals surface area (Å²) in [7, 11) is -0.784. The number of benzene rings is 5. The molecule has 4 aliphatic heterocycles. The van der Waals surface area contributed by atoms with Gasteiger partial charge in [-0.2, -0.15) is 10.2 Å². The van der Waals surface area contributed by atoms with Gasteiger partial charge in [0.15, 0.2) is 5.60 Å². The molecule has 5 aromatic carbocycles. The number of methoxy groups -OCH3 is 1. The van der Waals surface area contributed by atoms with Crippen LogP contribution in [0.3, 0.4) is 0 Å². The second kappa shape index (κ2) is 16.6. The molecule has 62 heavy (non-hydrogen) atoms. The average Bonchev–Trinajstić information content (AvgIpc) is 3.73. The molecule has 0 aliphatic carbocycles. The van der Waals surface area contributed by atoms with Crippen molar-refractivity contribution in [2.24, 2.45) is 16.1 Å². The number of anilines is 3. The molecule has 11 nitrogen and oxygen atoms in total. The van der Waals surface area contributed by atoms with Crippen LogP contribution in [-0.2, 0) is 31.3 Å². The first-order valence-electron chi connectivity index (χ1n) is 21.4. The summed E-state index contributed by atoms with van der Waals surface area (Å²) in [4.78, 5) is 44.1. The Labute approximate surface area is 363 Å². The SMILES string of the molecule is COc1ccc([Si](C)(C)[C@@H]2[C@@H](CCO)O[C@]3(C(=O)N(Cc4ccc(N5N=C(c6ccccc6)CCC5=O)cc4)c4ccc(N5N=C(c6ccccc6)CCC5=O)cc43)[C@H]2C)cc1. The van der Waals surface area contributed by atoms with Crippen molar-refractivity contribution in [2.45, 2.75) is 75.9 Å². The molecule has 1 fully saturated rings. The van der Waals surface area contributed by atoms with Crippen LogP contribution < -0.4 is 24.8 Å². The molecular formula is C50H51N5O6Si. The summed E-state index contributed by atoms with van der Waals surface area (Å²) in [6.07, 6.45) is 1.71. The number of hydrazone groups is 2. The smallest absolute Gasteiger partial charge is 0.264 e. The van der Waals surface area contributed by atoms with Crippen LogP contribution in [0.15, 0.2) is 138 Å². The molecule has 1 saturated heterocycles. The highest BCUT2D eigenvalue weighted by atomic mass is 28.3. The van der Waals surface area contributed by atoms with Gasteiger partial charge in [-0.25, -0.2) is 10.0 Å². The first kappa shape index (κ1) is 41.2. The number of hydrogen-bond acceptors (Lipinski definition) is 8. The van der Waals surface area contributed by atoms with Gasteiger partial charge in [0.25, 0.3) is 5.91 Å². The van der Waals surface area contributed by atoms with Crippen LogP contribution in [0, 0.1) is 5.92 Å². The minimum atomic E-state index is -2.44. The Morgan fingerprint density at radius 3 is 1.87 bits per heavy atom. The lowest BCUT2D eigenvalue weighted by Gasteiger charge is -2.37. The summed E-state index contributed by atoms with van der Waals surface area (Å²) in [5, 5.41) is 24.2. The number of hydrogen-bond donors (Lipinski definition) is 1. The third-order valence-electron chi connectivity index (χ3n) is 13.3. The third kappa shape index (κ3) is 7.15. The molecule has 0 saturated carbocycles. The maximum absolute atomic E-state index is 15.5. The van der Waals surface area contributed by atoms with Gasteiger partial charge in [-0.3, -0.25) is 14.4 Å². The Bertz CT molecular complexity index is 2560. The number of ether oxygens (including phenoxy) is 2. The Balaban J connectivity index is 1.10. The molecule has 12 heteroatoms. The van der Waals surface area contributed by atoms with Crippen molar-refractivity contribution in [1.29, 1.82) is 0 Å². The van der Waals surface area contributed by atoms with Crippen molar-refractivity contribution in [1.82, 2.24) is 0 Å². The molecule has 4 heterocycles. The van der Waals surface area contributed by atoms with Crippen molar-refractivity contribution in [3.63, 3.8) is 0 Å². The fourth-order valence-corrected chi connectivity index (χ4v) is 14.2. The maximum Gasteiger partial charge on any atom is 0.264 e. The molecule has 1 spiro atoms. The first-order valence-corrected chi connectivity index (χ1v) is 24.5. The molecule has 4 aliphatic rings. The number of rotatable bonds is 11. The Kier molecular flexibility index (Phi) is 11.0. The van der Waals surface area contributed by atoms with Crippen molar-refractivity contribution >= 4 is 59.5 Å². The van der Waals surface area contributed by atoms with E-state index >= 15 is 4.79 Å². The second-order valence-electron chi connectivity index (χ2n) is 17.2. The zero-order chi connectivity index (χ0) is 43.2. The van der Waals surface area contributed by atoms with Gasteiger partial charge in [-0.1, -0.05) is 110 Å². The first-order chi connectivity index (χ1) is 30.0. The van der Waals surface area contributed by atoms with Crippen molar-refractivity contribution in [2.75, 3.05) is 28.6 Å². The summed E-state index contributed by atoms with van der Waals surface area (Å²) < 4.78 is 12.7. The van der Waals surface area contributed by atoms with Crippen LogP contribution >= 0.6 is 0 Å². The topological polar surface area (TPSA) is 124 Å². The van der Waals surface area contributed by atoms with Gasteiger partial charge in [0.2, 0.25) is 11.8 Å². The number of nitrogens with zero attached hydrogens (tertiary/aromatic N) is 5. The van der Waals surface area contributed by atoms with Crippen LogP contribution in [0.5, 0.6) is 5.75 Å². The zero-order valence-corrected chi connectivity index (χ0v) is 36.5. The van der Waals surface area contributed by atoms with Crippen LogP contribution in [0.4, 0.5) is 17.1 Å².